The molecule has 0 spiro atoms. The predicted octanol–water partition coefficient (Wildman–Crippen LogP) is 2.07. The maximum absolute atomic E-state index is 6.09. The Morgan fingerprint density at radius 1 is 0.900 bits per heavy atom. The standard InChI is InChI=1S/C16H20NSSi.Li/c1-19(2,3)12-18-16-11-7-5-9-14(16)13-8-4-6-10-15(13)17;/h4-12H,17H2,1-3H3;/q-1;+1. The fraction of sp³-hybridized carbons (Fsp3) is 0.188. The topological polar surface area (TPSA) is 26.0 Å². The van der Waals surface area contributed by atoms with Crippen LogP contribution in [0.4, 0.5) is 5.69 Å². The molecule has 0 fully saturated rings. The summed E-state index contributed by atoms with van der Waals surface area (Å²) in [5.41, 5.74) is 9.27. The summed E-state index contributed by atoms with van der Waals surface area (Å²) < 4.78 is 0. The summed E-state index contributed by atoms with van der Waals surface area (Å²) >= 11 is 1.84. The molecule has 0 aliphatic rings. The molecule has 2 aromatic rings. The molecule has 0 unspecified atom stereocenters. The van der Waals surface area contributed by atoms with Crippen LogP contribution in [-0.4, -0.2) is 8.07 Å². The van der Waals surface area contributed by atoms with E-state index in [1.807, 2.05) is 30.0 Å². The van der Waals surface area contributed by atoms with Gasteiger partial charge in [-0.2, -0.15) is 0 Å². The van der Waals surface area contributed by atoms with Crippen molar-refractivity contribution in [3.63, 3.8) is 0 Å². The smallest absolute Gasteiger partial charge is 0.398 e. The van der Waals surface area contributed by atoms with Gasteiger partial charge < -0.3 is 17.5 Å². The summed E-state index contributed by atoms with van der Waals surface area (Å²) in [4.78, 5) is 1.28. The number of para-hydroxylation sites is 1. The number of nitrogens with two attached hydrogens (primary N) is 1. The van der Waals surface area contributed by atoms with Crippen LogP contribution in [0.5, 0.6) is 0 Å². The molecule has 20 heavy (non-hydrogen) atoms. The van der Waals surface area contributed by atoms with Gasteiger partial charge in [0.2, 0.25) is 0 Å². The van der Waals surface area contributed by atoms with Gasteiger partial charge in [0.1, 0.15) is 0 Å². The minimum Gasteiger partial charge on any atom is -0.398 e. The minimum atomic E-state index is -1.17. The first-order valence-electron chi connectivity index (χ1n) is 6.42. The second kappa shape index (κ2) is 7.42. The molecular weight excluding hydrogens is 273 g/mol. The van der Waals surface area contributed by atoms with Crippen LogP contribution in [0.15, 0.2) is 53.4 Å². The average molecular weight is 293 g/mol. The van der Waals surface area contributed by atoms with Crippen LogP contribution < -0.4 is 24.6 Å². The van der Waals surface area contributed by atoms with E-state index in [0.717, 1.165) is 11.3 Å². The fourth-order valence-corrected chi connectivity index (χ4v) is 4.16. The Morgan fingerprint density at radius 3 is 2.05 bits per heavy atom. The van der Waals surface area contributed by atoms with E-state index in [2.05, 4.69) is 55.3 Å². The Kier molecular flexibility index (Phi) is 6.48. The van der Waals surface area contributed by atoms with Crippen LogP contribution in [-0.2, 0) is 0 Å². The van der Waals surface area contributed by atoms with Gasteiger partial charge in [-0.15, -0.1) is 0 Å². The zero-order chi connectivity index (χ0) is 13.9. The second-order valence-electron chi connectivity index (χ2n) is 5.69. The van der Waals surface area contributed by atoms with Gasteiger partial charge in [-0.05, 0) is 16.5 Å². The zero-order valence-corrected chi connectivity index (χ0v) is 14.5. The second-order valence-corrected chi connectivity index (χ2v) is 12.0. The van der Waals surface area contributed by atoms with E-state index < -0.39 is 8.07 Å². The molecule has 0 saturated carbocycles. The van der Waals surface area contributed by atoms with Gasteiger partial charge in [0.25, 0.3) is 0 Å². The number of nitrogen functional groups attached to an aromatic ring is 1. The molecule has 0 aliphatic carbocycles. The summed E-state index contributed by atoms with van der Waals surface area (Å²) in [6.45, 7) is 7.04. The zero-order valence-electron chi connectivity index (χ0n) is 12.7. The van der Waals surface area contributed by atoms with Gasteiger partial charge in [0.15, 0.2) is 0 Å². The third kappa shape index (κ3) is 4.75. The molecule has 100 valence electrons. The van der Waals surface area contributed by atoms with Gasteiger partial charge in [-0.1, -0.05) is 70.2 Å². The van der Waals surface area contributed by atoms with E-state index in [-0.39, 0.29) is 18.9 Å². The number of hydrogen-bond donors (Lipinski definition) is 1. The van der Waals surface area contributed by atoms with E-state index in [1.165, 1.54) is 10.5 Å². The summed E-state index contributed by atoms with van der Waals surface area (Å²) in [5.74, 6) is 0. The molecule has 0 saturated heterocycles. The monoisotopic (exact) mass is 293 g/mol. The van der Waals surface area contributed by atoms with E-state index in [0.29, 0.717) is 0 Å². The first-order valence-corrected chi connectivity index (χ1v) is 10.9. The van der Waals surface area contributed by atoms with Gasteiger partial charge in [0.05, 0.1) is 0 Å². The SMILES string of the molecule is C[Si](C)(C)[CH-]Sc1ccccc1-c1ccccc1N.[Li+]. The van der Waals surface area contributed by atoms with Crippen LogP contribution in [0.25, 0.3) is 11.1 Å². The molecular formula is C16H20LiNSSi. The number of benzene rings is 2. The van der Waals surface area contributed by atoms with Gasteiger partial charge in [-0.3, -0.25) is 5.38 Å². The Morgan fingerprint density at radius 2 is 1.45 bits per heavy atom. The fourth-order valence-electron chi connectivity index (χ4n) is 1.77. The van der Waals surface area contributed by atoms with E-state index in [9.17, 15) is 0 Å². The Balaban J connectivity index is 0.00000200. The Labute approximate surface area is 139 Å². The van der Waals surface area contributed by atoms with Crippen molar-refractivity contribution in [2.75, 3.05) is 5.73 Å². The number of rotatable bonds is 4. The number of thioether (sulfide) groups is 1. The normalized spacial score (nSPS) is 10.9. The molecule has 2 rings (SSSR count). The molecule has 2 aromatic carbocycles. The van der Waals surface area contributed by atoms with E-state index in [4.69, 9.17) is 5.73 Å². The summed E-state index contributed by atoms with van der Waals surface area (Å²) in [5, 5.41) is 2.41. The van der Waals surface area contributed by atoms with Crippen LogP contribution in [0, 0.1) is 5.38 Å². The van der Waals surface area contributed by atoms with Crippen molar-refractivity contribution in [2.45, 2.75) is 24.5 Å². The third-order valence-electron chi connectivity index (χ3n) is 2.68. The largest absolute Gasteiger partial charge is 1.00 e. The quantitative estimate of drug-likeness (QED) is 0.404. The first kappa shape index (κ1) is 17.5. The van der Waals surface area contributed by atoms with Crippen LogP contribution in [0.1, 0.15) is 0 Å². The number of anilines is 1. The molecule has 1 nitrogen and oxygen atoms in total. The maximum atomic E-state index is 6.09. The predicted molar refractivity (Wildman–Crippen MR) is 89.8 cm³/mol. The molecule has 0 heterocycles. The average Bonchev–Trinajstić information content (AvgIpc) is 2.37. The van der Waals surface area contributed by atoms with Gasteiger partial charge in [-0.25, -0.2) is 0 Å². The van der Waals surface area contributed by atoms with Crippen molar-refractivity contribution < 1.29 is 18.9 Å². The summed E-state index contributed by atoms with van der Waals surface area (Å²) in [6.07, 6.45) is 0. The minimum absolute atomic E-state index is 0. The maximum Gasteiger partial charge on any atom is 1.00 e. The molecule has 0 atom stereocenters. The molecule has 2 N–H and O–H groups in total. The molecule has 0 bridgehead atoms. The molecule has 0 aromatic heterocycles. The third-order valence-corrected chi connectivity index (χ3v) is 6.59. The van der Waals surface area contributed by atoms with E-state index in [1.54, 1.807) is 0 Å². The van der Waals surface area contributed by atoms with Crippen LogP contribution in [0.3, 0.4) is 0 Å². The van der Waals surface area contributed by atoms with Crippen LogP contribution >= 0.6 is 11.8 Å². The van der Waals surface area contributed by atoms with Gasteiger partial charge >= 0.3 is 18.9 Å². The van der Waals surface area contributed by atoms with Crippen molar-refractivity contribution in [2.24, 2.45) is 0 Å². The van der Waals surface area contributed by atoms with Crippen molar-refractivity contribution in [1.29, 1.82) is 0 Å². The summed E-state index contributed by atoms with van der Waals surface area (Å²) in [6, 6.07) is 16.5. The van der Waals surface area contributed by atoms with Crippen molar-refractivity contribution >= 4 is 25.5 Å². The summed E-state index contributed by atoms with van der Waals surface area (Å²) in [7, 11) is -1.17. The molecule has 0 amide bonds. The molecule has 4 heteroatoms. The van der Waals surface area contributed by atoms with Crippen molar-refractivity contribution in [1.82, 2.24) is 0 Å². The van der Waals surface area contributed by atoms with E-state index >= 15 is 0 Å². The Hall–Kier alpha value is -0.596. The van der Waals surface area contributed by atoms with Crippen LogP contribution in [0.2, 0.25) is 19.6 Å². The molecule has 0 radical (unpaired) electrons. The first-order chi connectivity index (χ1) is 8.97. The van der Waals surface area contributed by atoms with Crippen molar-refractivity contribution in [3.8, 4) is 11.1 Å². The number of hydrogen-bond acceptors (Lipinski definition) is 2. The van der Waals surface area contributed by atoms with Crippen molar-refractivity contribution in [3.05, 3.63) is 53.9 Å². The Bertz CT molecular complexity index is 566. The van der Waals surface area contributed by atoms with Gasteiger partial charge in [0, 0.05) is 11.3 Å². The molecule has 0 aliphatic heterocycles.